The van der Waals surface area contributed by atoms with E-state index in [0.29, 0.717) is 11.4 Å². The minimum atomic E-state index is 0.153. The van der Waals surface area contributed by atoms with E-state index in [1.807, 2.05) is 30.3 Å². The maximum atomic E-state index is 6.16. The van der Waals surface area contributed by atoms with E-state index in [-0.39, 0.29) is 6.10 Å². The van der Waals surface area contributed by atoms with Crippen LogP contribution in [0.5, 0.6) is 5.75 Å². The molecular weight excluding hydrogens is 342 g/mol. The number of anilines is 2. The van der Waals surface area contributed by atoms with Crippen LogP contribution in [0.4, 0.5) is 11.4 Å². The Hall–Kier alpha value is -1.85. The van der Waals surface area contributed by atoms with Crippen molar-refractivity contribution in [1.82, 2.24) is 4.90 Å². The number of hydrogen-bond acceptors (Lipinski definition) is 5. The van der Waals surface area contributed by atoms with Crippen LogP contribution < -0.4 is 16.2 Å². The van der Waals surface area contributed by atoms with Crippen molar-refractivity contribution in [3.63, 3.8) is 0 Å². The summed E-state index contributed by atoms with van der Waals surface area (Å²) in [5.41, 5.74) is 12.9. The van der Waals surface area contributed by atoms with Gasteiger partial charge in [-0.15, -0.1) is 0 Å². The topological polar surface area (TPSA) is 64.5 Å². The Morgan fingerprint density at radius 1 is 0.962 bits per heavy atom. The highest BCUT2D eigenvalue weighted by atomic mass is 32.2. The van der Waals surface area contributed by atoms with Gasteiger partial charge in [0.1, 0.15) is 11.9 Å². The summed E-state index contributed by atoms with van der Waals surface area (Å²) < 4.78 is 6.16. The first kappa shape index (κ1) is 20.5. The molecule has 2 aromatic carbocycles. The molecule has 5 heteroatoms. The summed E-state index contributed by atoms with van der Waals surface area (Å²) in [5, 5.41) is 0. The summed E-state index contributed by atoms with van der Waals surface area (Å²) in [6.45, 7) is 9.77. The Bertz CT molecular complexity index is 687. The molecule has 0 aliphatic carbocycles. The number of benzene rings is 2. The van der Waals surface area contributed by atoms with Crippen LogP contribution in [0.2, 0.25) is 0 Å². The quantitative estimate of drug-likeness (QED) is 0.580. The van der Waals surface area contributed by atoms with Crippen molar-refractivity contribution in [2.45, 2.75) is 49.5 Å². The lowest BCUT2D eigenvalue weighted by molar-refractivity contribution is 0.145. The largest absolute Gasteiger partial charge is 0.489 e. The summed E-state index contributed by atoms with van der Waals surface area (Å²) in [5.74, 6) is 0.902. The van der Waals surface area contributed by atoms with Crippen LogP contribution in [0.1, 0.15) is 33.6 Å². The van der Waals surface area contributed by atoms with Crippen LogP contribution in [-0.2, 0) is 0 Å². The third kappa shape index (κ3) is 6.46. The smallest absolute Gasteiger partial charge is 0.120 e. The number of nitrogen functional groups attached to an aromatic ring is 2. The van der Waals surface area contributed by atoms with Crippen molar-refractivity contribution in [2.75, 3.05) is 31.1 Å². The van der Waals surface area contributed by atoms with Crippen LogP contribution in [0, 0.1) is 0 Å². The summed E-state index contributed by atoms with van der Waals surface area (Å²) in [7, 11) is 0. The predicted octanol–water partition coefficient (Wildman–Crippen LogP) is 4.89. The second kappa shape index (κ2) is 10.3. The molecule has 26 heavy (non-hydrogen) atoms. The second-order valence-corrected chi connectivity index (χ2v) is 7.74. The number of nitrogens with two attached hydrogens (primary N) is 2. The van der Waals surface area contributed by atoms with E-state index >= 15 is 0 Å². The predicted molar refractivity (Wildman–Crippen MR) is 113 cm³/mol. The highest BCUT2D eigenvalue weighted by Crippen LogP contribution is 2.32. The maximum Gasteiger partial charge on any atom is 0.120 e. The minimum Gasteiger partial charge on any atom is -0.489 e. The lowest BCUT2D eigenvalue weighted by Crippen LogP contribution is -2.35. The molecule has 142 valence electrons. The van der Waals surface area contributed by atoms with Gasteiger partial charge >= 0.3 is 0 Å². The Morgan fingerprint density at radius 3 is 2.31 bits per heavy atom. The van der Waals surface area contributed by atoms with E-state index in [9.17, 15) is 0 Å². The fourth-order valence-corrected chi connectivity index (χ4v) is 3.84. The molecule has 1 atom stereocenters. The number of nitrogens with zero attached hydrogens (tertiary/aromatic N) is 1. The van der Waals surface area contributed by atoms with Gasteiger partial charge in [-0.05, 0) is 69.3 Å². The number of rotatable bonds is 10. The average molecular weight is 374 g/mol. The van der Waals surface area contributed by atoms with Gasteiger partial charge in [-0.3, -0.25) is 4.90 Å². The van der Waals surface area contributed by atoms with Crippen LogP contribution in [0.3, 0.4) is 0 Å². The Morgan fingerprint density at radius 2 is 1.65 bits per heavy atom. The molecule has 4 nitrogen and oxygen atoms in total. The van der Waals surface area contributed by atoms with Crippen molar-refractivity contribution >= 4 is 23.1 Å². The SMILES string of the molecule is CCCN(CCC)CC(C)Oc1cccc(Sc2ccc(N)c(N)c2)c1. The van der Waals surface area contributed by atoms with Crippen molar-refractivity contribution in [1.29, 1.82) is 0 Å². The van der Waals surface area contributed by atoms with E-state index in [1.165, 1.54) is 12.8 Å². The first-order chi connectivity index (χ1) is 12.5. The molecule has 0 saturated heterocycles. The Kier molecular flexibility index (Phi) is 8.13. The molecule has 0 aromatic heterocycles. The van der Waals surface area contributed by atoms with E-state index < -0.39 is 0 Å². The molecule has 0 saturated carbocycles. The second-order valence-electron chi connectivity index (χ2n) is 6.60. The van der Waals surface area contributed by atoms with Crippen LogP contribution in [0.25, 0.3) is 0 Å². The molecule has 0 radical (unpaired) electrons. The molecule has 0 amide bonds. The summed E-state index contributed by atoms with van der Waals surface area (Å²) in [6, 6.07) is 13.9. The standard InChI is InChI=1S/C21H31N3OS/c1-4-11-24(12-5-2)15-16(3)25-17-7-6-8-18(13-17)26-19-9-10-20(22)21(23)14-19/h6-10,13-14,16H,4-5,11-12,15,22-23H2,1-3H3. The lowest BCUT2D eigenvalue weighted by Gasteiger charge is -2.25. The van der Waals surface area contributed by atoms with E-state index in [4.69, 9.17) is 16.2 Å². The van der Waals surface area contributed by atoms with Crippen LogP contribution in [0.15, 0.2) is 52.3 Å². The average Bonchev–Trinajstić information content (AvgIpc) is 2.59. The van der Waals surface area contributed by atoms with Crippen molar-refractivity contribution in [2.24, 2.45) is 0 Å². The highest BCUT2D eigenvalue weighted by molar-refractivity contribution is 7.99. The Labute approximate surface area is 161 Å². The zero-order valence-corrected chi connectivity index (χ0v) is 16.9. The molecular formula is C21H31N3OS. The molecule has 0 bridgehead atoms. The van der Waals surface area contributed by atoms with Crippen molar-refractivity contribution in [3.8, 4) is 5.75 Å². The van der Waals surface area contributed by atoms with Gasteiger partial charge in [0.05, 0.1) is 11.4 Å². The Balaban J connectivity index is 1.98. The molecule has 0 aliphatic heterocycles. The highest BCUT2D eigenvalue weighted by Gasteiger charge is 2.11. The molecule has 0 heterocycles. The van der Waals surface area contributed by atoms with Gasteiger partial charge in [-0.25, -0.2) is 0 Å². The van der Waals surface area contributed by atoms with Gasteiger partial charge in [-0.2, -0.15) is 0 Å². The molecule has 0 fully saturated rings. The monoisotopic (exact) mass is 373 g/mol. The number of hydrogen-bond donors (Lipinski definition) is 2. The summed E-state index contributed by atoms with van der Waals surface area (Å²) in [4.78, 5) is 4.66. The van der Waals surface area contributed by atoms with Crippen molar-refractivity contribution < 1.29 is 4.74 Å². The molecule has 2 rings (SSSR count). The van der Waals surface area contributed by atoms with E-state index in [1.54, 1.807) is 11.8 Å². The third-order valence-corrected chi connectivity index (χ3v) is 5.01. The zero-order valence-electron chi connectivity index (χ0n) is 16.1. The fraction of sp³-hybridized carbons (Fsp3) is 0.429. The molecule has 0 spiro atoms. The molecule has 2 aromatic rings. The van der Waals surface area contributed by atoms with Crippen LogP contribution in [-0.4, -0.2) is 30.6 Å². The van der Waals surface area contributed by atoms with Gasteiger partial charge < -0.3 is 16.2 Å². The number of ether oxygens (including phenoxy) is 1. The summed E-state index contributed by atoms with van der Waals surface area (Å²) >= 11 is 1.66. The first-order valence-electron chi connectivity index (χ1n) is 9.33. The van der Waals surface area contributed by atoms with Crippen molar-refractivity contribution in [3.05, 3.63) is 42.5 Å². The van der Waals surface area contributed by atoms with Gasteiger partial charge in [0.2, 0.25) is 0 Å². The van der Waals surface area contributed by atoms with E-state index in [0.717, 1.165) is 35.2 Å². The first-order valence-corrected chi connectivity index (χ1v) is 10.1. The van der Waals surface area contributed by atoms with Gasteiger partial charge in [0.15, 0.2) is 0 Å². The molecule has 4 N–H and O–H groups in total. The fourth-order valence-electron chi connectivity index (χ4n) is 2.92. The van der Waals surface area contributed by atoms with Gasteiger partial charge in [-0.1, -0.05) is 31.7 Å². The normalized spacial score (nSPS) is 12.3. The molecule has 1 unspecified atom stereocenters. The maximum absolute atomic E-state index is 6.16. The third-order valence-electron chi connectivity index (χ3n) is 4.03. The minimum absolute atomic E-state index is 0.153. The molecule has 0 aliphatic rings. The zero-order chi connectivity index (χ0) is 18.9. The van der Waals surface area contributed by atoms with Gasteiger partial charge in [0, 0.05) is 16.3 Å². The van der Waals surface area contributed by atoms with Crippen LogP contribution >= 0.6 is 11.8 Å². The lowest BCUT2D eigenvalue weighted by atomic mass is 10.3. The van der Waals surface area contributed by atoms with E-state index in [2.05, 4.69) is 37.8 Å². The summed E-state index contributed by atoms with van der Waals surface area (Å²) in [6.07, 6.45) is 2.49. The van der Waals surface area contributed by atoms with Gasteiger partial charge in [0.25, 0.3) is 0 Å².